The number of aryl methyl sites for hydroxylation is 1. The van der Waals surface area contributed by atoms with Crippen molar-refractivity contribution in [2.75, 3.05) is 0 Å². The first-order valence-corrected chi connectivity index (χ1v) is 11.5. The lowest BCUT2D eigenvalue weighted by Gasteiger charge is -2.29. The summed E-state index contributed by atoms with van der Waals surface area (Å²) in [7, 11) is 1.98. The highest BCUT2D eigenvalue weighted by Gasteiger charge is 2.39. The third-order valence-electron chi connectivity index (χ3n) is 6.74. The van der Waals surface area contributed by atoms with Gasteiger partial charge in [-0.2, -0.15) is 0 Å². The van der Waals surface area contributed by atoms with E-state index in [1.807, 2.05) is 36.1 Å². The minimum absolute atomic E-state index is 0.0299. The fraction of sp³-hybridized carbons (Fsp3) is 0.333. The maximum atomic E-state index is 13.0. The first-order chi connectivity index (χ1) is 16.1. The molecule has 1 unspecified atom stereocenters. The number of rotatable bonds is 3. The fourth-order valence-corrected chi connectivity index (χ4v) is 4.84. The van der Waals surface area contributed by atoms with Crippen molar-refractivity contribution in [3.63, 3.8) is 0 Å². The third kappa shape index (κ3) is 3.71. The van der Waals surface area contributed by atoms with Gasteiger partial charge < -0.3 is 9.47 Å². The molecule has 7 nitrogen and oxygen atoms in total. The molecule has 1 fully saturated rings. The number of hydrogen-bond acceptors (Lipinski definition) is 4. The van der Waals surface area contributed by atoms with Gasteiger partial charge in [0.15, 0.2) is 0 Å². The number of piperidine rings is 1. The smallest absolute Gasteiger partial charge is 0.255 e. The molecule has 1 atom stereocenters. The second kappa shape index (κ2) is 7.94. The Balaban J connectivity index is 1.50. The highest BCUT2D eigenvalue weighted by molar-refractivity contribution is 6.05. The van der Waals surface area contributed by atoms with Gasteiger partial charge in [0.2, 0.25) is 11.8 Å². The average Bonchev–Trinajstić information content (AvgIpc) is 3.33. The molecular formula is C27H28N4O3. The van der Waals surface area contributed by atoms with Crippen LogP contribution in [0, 0.1) is 0 Å². The largest absolute Gasteiger partial charge is 0.333 e. The van der Waals surface area contributed by atoms with Gasteiger partial charge in [-0.05, 0) is 41.2 Å². The second-order valence-electron chi connectivity index (χ2n) is 10.2. The van der Waals surface area contributed by atoms with E-state index in [-0.39, 0.29) is 23.7 Å². The normalized spacial score (nSPS) is 18.3. The summed E-state index contributed by atoms with van der Waals surface area (Å²) in [5.74, 6) is -0.857. The summed E-state index contributed by atoms with van der Waals surface area (Å²) in [6, 6.07) is 13.6. The molecule has 5 rings (SSSR count). The van der Waals surface area contributed by atoms with E-state index in [2.05, 4.69) is 50.4 Å². The number of fused-ring (bicyclic) bond motifs is 1. The molecule has 1 N–H and O–H groups in total. The summed E-state index contributed by atoms with van der Waals surface area (Å²) in [5, 5.41) is 2.35. The van der Waals surface area contributed by atoms with Gasteiger partial charge in [-0.1, -0.05) is 45.0 Å². The number of hydrogen-bond donors (Lipinski definition) is 1. The molecule has 7 heteroatoms. The molecule has 3 amide bonds. The average molecular weight is 457 g/mol. The highest BCUT2D eigenvalue weighted by atomic mass is 16.2. The first kappa shape index (κ1) is 22.1. The van der Waals surface area contributed by atoms with E-state index in [4.69, 9.17) is 4.98 Å². The molecule has 0 saturated carbocycles. The lowest BCUT2D eigenvalue weighted by atomic mass is 9.85. The van der Waals surface area contributed by atoms with Gasteiger partial charge in [0.05, 0.1) is 17.7 Å². The Kier molecular flexibility index (Phi) is 5.15. The number of carbonyl (C=O) groups is 3. The Morgan fingerprint density at radius 2 is 1.82 bits per heavy atom. The van der Waals surface area contributed by atoms with E-state index in [1.165, 1.54) is 5.56 Å². The summed E-state index contributed by atoms with van der Waals surface area (Å²) in [6.07, 6.45) is 2.40. The molecule has 1 aromatic heterocycles. The van der Waals surface area contributed by atoms with Crippen LogP contribution in [0.25, 0.3) is 22.5 Å². The molecule has 0 bridgehead atoms. The Morgan fingerprint density at radius 1 is 1.03 bits per heavy atom. The number of nitrogens with one attached hydrogen (secondary N) is 1. The van der Waals surface area contributed by atoms with Gasteiger partial charge >= 0.3 is 0 Å². The van der Waals surface area contributed by atoms with E-state index in [0.29, 0.717) is 18.5 Å². The number of amides is 3. The lowest BCUT2D eigenvalue weighted by molar-refractivity contribution is -0.136. The van der Waals surface area contributed by atoms with Crippen LogP contribution in [-0.4, -0.2) is 38.2 Å². The molecule has 34 heavy (non-hydrogen) atoms. The van der Waals surface area contributed by atoms with Gasteiger partial charge in [0, 0.05) is 36.7 Å². The van der Waals surface area contributed by atoms with E-state index >= 15 is 0 Å². The van der Waals surface area contributed by atoms with Crippen molar-refractivity contribution in [3.05, 3.63) is 65.5 Å². The molecule has 2 aliphatic heterocycles. The van der Waals surface area contributed by atoms with Crippen LogP contribution in [0.2, 0.25) is 0 Å². The Morgan fingerprint density at radius 3 is 2.56 bits per heavy atom. The third-order valence-corrected chi connectivity index (χ3v) is 6.74. The van der Waals surface area contributed by atoms with Crippen LogP contribution in [0.5, 0.6) is 0 Å². The first-order valence-electron chi connectivity index (χ1n) is 11.5. The number of benzene rings is 2. The van der Waals surface area contributed by atoms with Gasteiger partial charge in [-0.25, -0.2) is 4.98 Å². The fourth-order valence-electron chi connectivity index (χ4n) is 4.84. The number of aromatic nitrogens is 2. The van der Waals surface area contributed by atoms with Crippen LogP contribution in [0.3, 0.4) is 0 Å². The Bertz CT molecular complexity index is 1330. The van der Waals surface area contributed by atoms with Gasteiger partial charge in [0.25, 0.3) is 5.91 Å². The van der Waals surface area contributed by atoms with Gasteiger partial charge in [-0.15, -0.1) is 0 Å². The van der Waals surface area contributed by atoms with Crippen LogP contribution >= 0.6 is 0 Å². The van der Waals surface area contributed by atoms with E-state index in [9.17, 15) is 14.4 Å². The second-order valence-corrected chi connectivity index (χ2v) is 10.2. The number of imide groups is 1. The van der Waals surface area contributed by atoms with Crippen LogP contribution in [0.1, 0.15) is 55.1 Å². The van der Waals surface area contributed by atoms with Gasteiger partial charge in [-0.3, -0.25) is 19.7 Å². The zero-order chi connectivity index (χ0) is 24.2. The summed E-state index contributed by atoms with van der Waals surface area (Å²) >= 11 is 0. The molecule has 2 aromatic carbocycles. The summed E-state index contributed by atoms with van der Waals surface area (Å²) in [6.45, 7) is 6.93. The number of nitrogens with zero attached hydrogens (tertiary/aromatic N) is 3. The van der Waals surface area contributed by atoms with Crippen LogP contribution < -0.4 is 5.32 Å². The monoisotopic (exact) mass is 456 g/mol. The van der Waals surface area contributed by atoms with Crippen molar-refractivity contribution in [2.24, 2.45) is 7.05 Å². The van der Waals surface area contributed by atoms with E-state index in [1.54, 1.807) is 4.90 Å². The van der Waals surface area contributed by atoms with Crippen LogP contribution in [0.4, 0.5) is 0 Å². The minimum Gasteiger partial charge on any atom is -0.333 e. The van der Waals surface area contributed by atoms with Crippen molar-refractivity contribution in [1.29, 1.82) is 0 Å². The van der Waals surface area contributed by atoms with Crippen molar-refractivity contribution >= 4 is 17.7 Å². The highest BCUT2D eigenvalue weighted by Crippen LogP contribution is 2.36. The standard InChI is InChI=1S/C27H28N4O3/c1-27(2,3)19-7-5-6-17(13-19)24-23(28-15-30(24)4)16-8-9-20-18(12-16)14-31(26(20)34)21-10-11-22(32)29-25(21)33/h5-9,12-13,15,21H,10-11,14H2,1-4H3,(H,29,32,33). The predicted molar refractivity (Wildman–Crippen MR) is 129 cm³/mol. The molecule has 3 aromatic rings. The lowest BCUT2D eigenvalue weighted by Crippen LogP contribution is -2.52. The quantitative estimate of drug-likeness (QED) is 0.608. The molecule has 0 radical (unpaired) electrons. The molecule has 0 aliphatic carbocycles. The zero-order valence-corrected chi connectivity index (χ0v) is 19.9. The molecule has 3 heterocycles. The van der Waals surface area contributed by atoms with Crippen LogP contribution in [0.15, 0.2) is 48.8 Å². The van der Waals surface area contributed by atoms with E-state index in [0.717, 1.165) is 28.1 Å². The Labute approximate surface area is 198 Å². The summed E-state index contributed by atoms with van der Waals surface area (Å²) in [4.78, 5) is 43.2. The number of carbonyl (C=O) groups excluding carboxylic acids is 3. The number of imidazole rings is 1. The minimum atomic E-state index is -0.619. The molecule has 1 saturated heterocycles. The molecule has 2 aliphatic rings. The van der Waals surface area contributed by atoms with E-state index < -0.39 is 11.9 Å². The zero-order valence-electron chi connectivity index (χ0n) is 19.9. The maximum Gasteiger partial charge on any atom is 0.255 e. The topological polar surface area (TPSA) is 84.3 Å². The van der Waals surface area contributed by atoms with Crippen molar-refractivity contribution in [1.82, 2.24) is 19.8 Å². The molecule has 174 valence electrons. The predicted octanol–water partition coefficient (Wildman–Crippen LogP) is 3.81. The van der Waals surface area contributed by atoms with Crippen LogP contribution in [-0.2, 0) is 28.6 Å². The summed E-state index contributed by atoms with van der Waals surface area (Å²) in [5.41, 5.74) is 6.62. The SMILES string of the molecule is Cn1cnc(-c2ccc3c(c2)CN(C2CCC(=O)NC2=O)C3=O)c1-c1cccc(C(C)(C)C)c1. The molecule has 0 spiro atoms. The summed E-state index contributed by atoms with van der Waals surface area (Å²) < 4.78 is 2.02. The maximum absolute atomic E-state index is 13.0. The molecular weight excluding hydrogens is 428 g/mol. The Hall–Kier alpha value is -3.74. The van der Waals surface area contributed by atoms with Crippen molar-refractivity contribution < 1.29 is 14.4 Å². The van der Waals surface area contributed by atoms with Crippen molar-refractivity contribution in [2.45, 2.75) is 51.6 Å². The van der Waals surface area contributed by atoms with Gasteiger partial charge in [0.1, 0.15) is 6.04 Å². The van der Waals surface area contributed by atoms with Crippen molar-refractivity contribution in [3.8, 4) is 22.5 Å².